The molecule has 0 spiro atoms. The topological polar surface area (TPSA) is 78.9 Å². The van der Waals surface area contributed by atoms with Crippen molar-refractivity contribution in [1.82, 2.24) is 4.90 Å². The second-order valence-electron chi connectivity index (χ2n) is 5.03. The zero-order chi connectivity index (χ0) is 12.9. The Kier molecular flexibility index (Phi) is 4.78. The molecule has 0 unspecified atom stereocenters. The second kappa shape index (κ2) is 5.89. The molecule has 0 aromatic carbocycles. The zero-order valence-corrected chi connectivity index (χ0v) is 10.8. The number of carbonyl (C=O) groups excluding carboxylic acids is 1. The number of oxime groups is 1. The Hall–Kier alpha value is -1.26. The fraction of sp³-hybridized carbons (Fsp3) is 0.833. The van der Waals surface area contributed by atoms with E-state index < -0.39 is 0 Å². The van der Waals surface area contributed by atoms with Crippen molar-refractivity contribution >= 4 is 11.7 Å². The second-order valence-corrected chi connectivity index (χ2v) is 5.03. The molecule has 5 heteroatoms. The van der Waals surface area contributed by atoms with Crippen molar-refractivity contribution in [2.24, 2.45) is 16.3 Å². The van der Waals surface area contributed by atoms with Crippen LogP contribution >= 0.6 is 0 Å². The molecular weight excluding hydrogens is 218 g/mol. The molecule has 1 aliphatic heterocycles. The highest BCUT2D eigenvalue weighted by atomic mass is 16.4. The fourth-order valence-corrected chi connectivity index (χ4v) is 2.11. The Balaban J connectivity index is 2.48. The first-order valence-electron chi connectivity index (χ1n) is 6.29. The van der Waals surface area contributed by atoms with Gasteiger partial charge < -0.3 is 15.8 Å². The Morgan fingerprint density at radius 3 is 2.53 bits per heavy atom. The number of nitrogens with zero attached hydrogens (tertiary/aromatic N) is 2. The summed E-state index contributed by atoms with van der Waals surface area (Å²) in [5.74, 6) is 0.506. The molecule has 0 aromatic rings. The van der Waals surface area contributed by atoms with Crippen molar-refractivity contribution in [3.8, 4) is 0 Å². The number of hydrogen-bond acceptors (Lipinski definition) is 3. The Labute approximate surface area is 103 Å². The van der Waals surface area contributed by atoms with Gasteiger partial charge in [-0.15, -0.1) is 0 Å². The van der Waals surface area contributed by atoms with Crippen LogP contribution in [0.25, 0.3) is 0 Å². The fourth-order valence-electron chi connectivity index (χ4n) is 2.11. The van der Waals surface area contributed by atoms with E-state index in [9.17, 15) is 4.79 Å². The Bertz CT molecular complexity index is 294. The van der Waals surface area contributed by atoms with Gasteiger partial charge in [0.15, 0.2) is 0 Å². The third-order valence-corrected chi connectivity index (χ3v) is 3.69. The van der Waals surface area contributed by atoms with Crippen molar-refractivity contribution in [3.05, 3.63) is 0 Å². The zero-order valence-electron chi connectivity index (χ0n) is 10.8. The van der Waals surface area contributed by atoms with Gasteiger partial charge in [-0.05, 0) is 19.3 Å². The highest BCUT2D eigenvalue weighted by molar-refractivity contribution is 5.86. The Morgan fingerprint density at radius 1 is 1.47 bits per heavy atom. The number of piperidine rings is 1. The lowest BCUT2D eigenvalue weighted by atomic mass is 9.79. The van der Waals surface area contributed by atoms with Crippen LogP contribution in [0.2, 0.25) is 0 Å². The molecule has 0 aromatic heterocycles. The lowest BCUT2D eigenvalue weighted by molar-refractivity contribution is -0.133. The summed E-state index contributed by atoms with van der Waals surface area (Å²) < 4.78 is 0. The maximum absolute atomic E-state index is 11.8. The number of rotatable bonds is 4. The molecule has 1 saturated heterocycles. The van der Waals surface area contributed by atoms with Gasteiger partial charge in [-0.3, -0.25) is 4.79 Å². The molecule has 1 amide bonds. The third-order valence-electron chi connectivity index (χ3n) is 3.69. The van der Waals surface area contributed by atoms with Gasteiger partial charge >= 0.3 is 0 Å². The summed E-state index contributed by atoms with van der Waals surface area (Å²) in [6, 6.07) is 0. The number of amidine groups is 1. The van der Waals surface area contributed by atoms with Crippen molar-refractivity contribution in [2.75, 3.05) is 13.1 Å². The smallest absolute Gasteiger partial charge is 0.222 e. The van der Waals surface area contributed by atoms with Gasteiger partial charge in [-0.2, -0.15) is 0 Å². The number of carbonyl (C=O) groups is 1. The molecule has 5 nitrogen and oxygen atoms in total. The monoisotopic (exact) mass is 241 g/mol. The minimum absolute atomic E-state index is 0.230. The van der Waals surface area contributed by atoms with Gasteiger partial charge in [0.1, 0.15) is 5.84 Å². The van der Waals surface area contributed by atoms with Crippen LogP contribution in [0.4, 0.5) is 0 Å². The maximum atomic E-state index is 11.8. The number of amides is 1. The number of hydrogen-bond donors (Lipinski definition) is 2. The van der Waals surface area contributed by atoms with E-state index >= 15 is 0 Å². The average molecular weight is 241 g/mol. The van der Waals surface area contributed by atoms with Gasteiger partial charge in [0.05, 0.1) is 0 Å². The molecule has 0 aliphatic carbocycles. The molecular formula is C12H23N3O2. The van der Waals surface area contributed by atoms with E-state index in [-0.39, 0.29) is 17.2 Å². The molecule has 3 N–H and O–H groups in total. The standard InChI is InChI=1S/C12H23N3O2/c1-3-4-5-10(16)15-8-6-12(2,7-9-15)11(13)14-17/h17H,3-9H2,1-2H3,(H2,13,14). The third kappa shape index (κ3) is 3.35. The molecule has 1 aliphatic rings. The van der Waals surface area contributed by atoms with E-state index in [0.717, 1.165) is 25.7 Å². The largest absolute Gasteiger partial charge is 0.409 e. The van der Waals surface area contributed by atoms with Crippen LogP contribution in [-0.2, 0) is 4.79 Å². The minimum Gasteiger partial charge on any atom is -0.409 e. The predicted molar refractivity (Wildman–Crippen MR) is 66.9 cm³/mol. The first-order chi connectivity index (χ1) is 8.03. The van der Waals surface area contributed by atoms with Crippen LogP contribution < -0.4 is 5.73 Å². The summed E-state index contributed by atoms with van der Waals surface area (Å²) in [7, 11) is 0. The Morgan fingerprint density at radius 2 is 2.06 bits per heavy atom. The van der Waals surface area contributed by atoms with E-state index in [1.807, 2.05) is 11.8 Å². The molecule has 1 heterocycles. The number of nitrogens with two attached hydrogens (primary N) is 1. The van der Waals surface area contributed by atoms with Crippen LogP contribution in [0.15, 0.2) is 5.16 Å². The number of likely N-dealkylation sites (tertiary alicyclic amines) is 1. The van der Waals surface area contributed by atoms with E-state index in [0.29, 0.717) is 19.5 Å². The van der Waals surface area contributed by atoms with Gasteiger partial charge in [-0.1, -0.05) is 25.4 Å². The molecule has 1 rings (SSSR count). The first kappa shape index (κ1) is 13.8. The van der Waals surface area contributed by atoms with Gasteiger partial charge in [-0.25, -0.2) is 0 Å². The van der Waals surface area contributed by atoms with Gasteiger partial charge in [0.2, 0.25) is 5.91 Å². The predicted octanol–water partition coefficient (Wildman–Crippen LogP) is 1.55. The van der Waals surface area contributed by atoms with E-state index in [1.54, 1.807) is 0 Å². The van der Waals surface area contributed by atoms with Crippen molar-refractivity contribution in [1.29, 1.82) is 0 Å². The summed E-state index contributed by atoms with van der Waals surface area (Å²) >= 11 is 0. The van der Waals surface area contributed by atoms with Gasteiger partial charge in [0.25, 0.3) is 0 Å². The van der Waals surface area contributed by atoms with E-state index in [2.05, 4.69) is 12.1 Å². The first-order valence-corrected chi connectivity index (χ1v) is 6.29. The van der Waals surface area contributed by atoms with Crippen LogP contribution in [0, 0.1) is 5.41 Å². The van der Waals surface area contributed by atoms with Crippen molar-refractivity contribution in [3.63, 3.8) is 0 Å². The minimum atomic E-state index is -0.268. The lowest BCUT2D eigenvalue weighted by Crippen LogP contribution is -2.47. The quantitative estimate of drug-likeness (QED) is 0.339. The highest BCUT2D eigenvalue weighted by Gasteiger charge is 2.35. The summed E-state index contributed by atoms with van der Waals surface area (Å²) in [5.41, 5.74) is 5.41. The molecule has 0 bridgehead atoms. The van der Waals surface area contributed by atoms with E-state index in [1.165, 1.54) is 0 Å². The molecule has 98 valence electrons. The summed E-state index contributed by atoms with van der Waals surface area (Å²) in [6.07, 6.45) is 4.16. The van der Waals surface area contributed by atoms with Crippen LogP contribution in [0.3, 0.4) is 0 Å². The normalized spacial score (nSPS) is 20.4. The molecule has 0 saturated carbocycles. The highest BCUT2D eigenvalue weighted by Crippen LogP contribution is 2.31. The van der Waals surface area contributed by atoms with Crippen LogP contribution in [0.1, 0.15) is 46.0 Å². The lowest BCUT2D eigenvalue weighted by Gasteiger charge is -2.38. The molecule has 0 atom stereocenters. The molecule has 17 heavy (non-hydrogen) atoms. The maximum Gasteiger partial charge on any atom is 0.222 e. The average Bonchev–Trinajstić information content (AvgIpc) is 2.35. The molecule has 0 radical (unpaired) electrons. The number of unbranched alkanes of at least 4 members (excludes halogenated alkanes) is 1. The SMILES string of the molecule is CCCCC(=O)N1CCC(C)(C(N)=NO)CC1. The summed E-state index contributed by atoms with van der Waals surface area (Å²) in [5, 5.41) is 11.8. The summed E-state index contributed by atoms with van der Waals surface area (Å²) in [4.78, 5) is 13.7. The summed E-state index contributed by atoms with van der Waals surface area (Å²) in [6.45, 7) is 5.47. The van der Waals surface area contributed by atoms with Crippen molar-refractivity contribution < 1.29 is 10.0 Å². The molecule has 1 fully saturated rings. The van der Waals surface area contributed by atoms with Crippen LogP contribution in [0.5, 0.6) is 0 Å². The van der Waals surface area contributed by atoms with E-state index in [4.69, 9.17) is 10.9 Å². The van der Waals surface area contributed by atoms with Crippen LogP contribution in [-0.4, -0.2) is 34.9 Å². The van der Waals surface area contributed by atoms with Gasteiger partial charge in [0, 0.05) is 24.9 Å². The van der Waals surface area contributed by atoms with Crippen molar-refractivity contribution in [2.45, 2.75) is 46.0 Å².